The summed E-state index contributed by atoms with van der Waals surface area (Å²) in [7, 11) is 0. The first kappa shape index (κ1) is 6.14. The predicted octanol–water partition coefficient (Wildman–Crippen LogP) is 2.00. The van der Waals surface area contributed by atoms with E-state index in [0.717, 1.165) is 3.90 Å². The number of hydrogen-bond donors (Lipinski definition) is 0. The Bertz CT molecular complexity index is 144. The Morgan fingerprint density at radius 3 is 2.57 bits per heavy atom. The second kappa shape index (κ2) is 2.53. The second-order valence-corrected chi connectivity index (χ2v) is 5.01. The summed E-state index contributed by atoms with van der Waals surface area (Å²) in [5.41, 5.74) is 0. The molecular weight excluding hydrogens is 289 g/mol. The first-order valence-electron chi connectivity index (χ1n) is 1.69. The summed E-state index contributed by atoms with van der Waals surface area (Å²) in [5.74, 6) is 0. The van der Waals surface area contributed by atoms with Crippen molar-refractivity contribution in [3.8, 4) is 0 Å². The summed E-state index contributed by atoms with van der Waals surface area (Å²) in [6.07, 6.45) is 0. The van der Waals surface area contributed by atoms with Gasteiger partial charge in [0.1, 0.15) is 0 Å². The Balaban J connectivity index is 3.12. The Hall–Kier alpha value is 1.02. The van der Waals surface area contributed by atoms with Crippen LogP contribution in [0.2, 0.25) is 3.90 Å². The van der Waals surface area contributed by atoms with Crippen molar-refractivity contribution in [3.63, 3.8) is 0 Å². The van der Waals surface area contributed by atoms with Gasteiger partial charge >= 0.3 is 67.2 Å². The molecule has 0 fully saturated rings. The molecule has 0 aliphatic rings. The van der Waals surface area contributed by atoms with Crippen LogP contribution < -0.4 is 0 Å². The molecule has 0 atom stereocenters. The van der Waals surface area contributed by atoms with E-state index in [0.29, 0.717) is 14.5 Å². The van der Waals surface area contributed by atoms with Gasteiger partial charge in [-0.25, -0.2) is 0 Å². The van der Waals surface area contributed by atoms with E-state index < -0.39 is 0 Å². The van der Waals surface area contributed by atoms with Crippen molar-refractivity contribution >= 4 is 48.7 Å². The van der Waals surface area contributed by atoms with Gasteiger partial charge in [0, 0.05) is 0 Å². The van der Waals surface area contributed by atoms with Gasteiger partial charge in [0.2, 0.25) is 0 Å². The number of hydrogen-bond acceptors (Lipinski definition) is 0. The number of rotatable bonds is 0. The first-order chi connectivity index (χ1) is 3.30. The Labute approximate surface area is 66.8 Å². The summed E-state index contributed by atoms with van der Waals surface area (Å²) in [4.78, 5) is 2.12. The molecular formula is C4H2ClISe. The normalized spacial score (nSPS) is 9.43. The zero-order valence-electron chi connectivity index (χ0n) is 3.32. The Morgan fingerprint density at radius 2 is 2.43 bits per heavy atom. The van der Waals surface area contributed by atoms with Crippen molar-refractivity contribution < 1.29 is 0 Å². The molecule has 0 amide bonds. The maximum atomic E-state index is 5.70. The van der Waals surface area contributed by atoms with Crippen molar-refractivity contribution in [2.45, 2.75) is 0 Å². The molecule has 0 N–H and O–H groups in total. The molecule has 0 saturated carbocycles. The first-order valence-corrected chi connectivity index (χ1v) is 4.99. The summed E-state index contributed by atoms with van der Waals surface area (Å²) < 4.78 is 2.24. The summed E-state index contributed by atoms with van der Waals surface area (Å²) >= 11 is 8.39. The molecule has 0 bridgehead atoms. The van der Waals surface area contributed by atoms with Crippen molar-refractivity contribution in [2.75, 3.05) is 0 Å². The third-order valence-corrected chi connectivity index (χ3v) is 4.75. The van der Waals surface area contributed by atoms with Crippen molar-refractivity contribution in [1.29, 1.82) is 0 Å². The Kier molecular flexibility index (Phi) is 2.22. The monoisotopic (exact) mass is 292 g/mol. The van der Waals surface area contributed by atoms with Gasteiger partial charge in [-0.15, -0.1) is 0 Å². The fourth-order valence-electron chi connectivity index (χ4n) is 0.275. The van der Waals surface area contributed by atoms with Crippen molar-refractivity contribution in [2.24, 2.45) is 0 Å². The van der Waals surface area contributed by atoms with E-state index in [1.54, 1.807) is 0 Å². The molecule has 7 heavy (non-hydrogen) atoms. The van der Waals surface area contributed by atoms with Crippen molar-refractivity contribution in [3.05, 3.63) is 18.5 Å². The van der Waals surface area contributed by atoms with E-state index in [1.807, 2.05) is 0 Å². The summed E-state index contributed by atoms with van der Waals surface area (Å²) in [6, 6.07) is 2.06. The predicted molar refractivity (Wildman–Crippen MR) is 41.1 cm³/mol. The van der Waals surface area contributed by atoms with E-state index in [-0.39, 0.29) is 0 Å². The van der Waals surface area contributed by atoms with Gasteiger partial charge in [-0.1, -0.05) is 0 Å². The average molecular weight is 291 g/mol. The molecule has 3 heteroatoms. The van der Waals surface area contributed by atoms with Gasteiger partial charge in [-0.05, 0) is 0 Å². The standard InChI is InChI=1S/C4H2ClISe/c5-4-3(6)1-2-7-4/h1-2H. The quantitative estimate of drug-likeness (QED) is 0.507. The van der Waals surface area contributed by atoms with Gasteiger partial charge in [0.25, 0.3) is 0 Å². The molecule has 0 unspecified atom stereocenters. The van der Waals surface area contributed by atoms with Crippen molar-refractivity contribution in [1.82, 2.24) is 0 Å². The third-order valence-electron chi connectivity index (χ3n) is 0.574. The van der Waals surface area contributed by atoms with Crippen LogP contribution in [0.1, 0.15) is 0 Å². The molecule has 1 heterocycles. The fourth-order valence-corrected chi connectivity index (χ4v) is 3.05. The van der Waals surface area contributed by atoms with E-state index in [9.17, 15) is 0 Å². The molecule has 38 valence electrons. The molecule has 0 nitrogen and oxygen atoms in total. The minimum atomic E-state index is 0.456. The van der Waals surface area contributed by atoms with E-state index in [2.05, 4.69) is 33.6 Å². The molecule has 1 rings (SSSR count). The SMILES string of the molecule is Clc1[se]ccc1I. The molecule has 0 aliphatic heterocycles. The molecule has 0 saturated heterocycles. The molecule has 0 spiro atoms. The van der Waals surface area contributed by atoms with Gasteiger partial charge in [0.05, 0.1) is 0 Å². The average Bonchev–Trinajstić information content (AvgIpc) is 1.91. The van der Waals surface area contributed by atoms with Crippen LogP contribution in [0.3, 0.4) is 0 Å². The second-order valence-electron chi connectivity index (χ2n) is 1.04. The molecule has 0 aliphatic carbocycles. The minimum absolute atomic E-state index is 0.456. The summed E-state index contributed by atoms with van der Waals surface area (Å²) in [6.45, 7) is 0. The van der Waals surface area contributed by atoms with Crippen LogP contribution in [0.25, 0.3) is 0 Å². The van der Waals surface area contributed by atoms with Gasteiger partial charge < -0.3 is 0 Å². The van der Waals surface area contributed by atoms with Gasteiger partial charge in [0.15, 0.2) is 0 Å². The van der Waals surface area contributed by atoms with E-state index in [4.69, 9.17) is 11.6 Å². The van der Waals surface area contributed by atoms with Crippen LogP contribution in [0.5, 0.6) is 0 Å². The van der Waals surface area contributed by atoms with Gasteiger partial charge in [-0.3, -0.25) is 0 Å². The fraction of sp³-hybridized carbons (Fsp3) is 0. The topological polar surface area (TPSA) is 0 Å². The van der Waals surface area contributed by atoms with Crippen LogP contribution in [0, 0.1) is 3.57 Å². The zero-order valence-corrected chi connectivity index (χ0v) is 7.95. The van der Waals surface area contributed by atoms with Crippen LogP contribution in [-0.4, -0.2) is 14.5 Å². The number of halogens is 2. The van der Waals surface area contributed by atoms with Crippen LogP contribution >= 0.6 is 34.2 Å². The molecule has 0 aromatic carbocycles. The van der Waals surface area contributed by atoms with Gasteiger partial charge in [-0.2, -0.15) is 0 Å². The zero-order chi connectivity index (χ0) is 5.28. The maximum absolute atomic E-state index is 5.70. The third kappa shape index (κ3) is 1.46. The molecule has 0 radical (unpaired) electrons. The summed E-state index contributed by atoms with van der Waals surface area (Å²) in [5, 5.41) is 0. The Morgan fingerprint density at radius 1 is 1.71 bits per heavy atom. The van der Waals surface area contributed by atoms with Crippen LogP contribution in [0.15, 0.2) is 11.0 Å². The van der Waals surface area contributed by atoms with E-state index in [1.165, 1.54) is 3.57 Å². The molecule has 1 aromatic heterocycles. The van der Waals surface area contributed by atoms with Crippen LogP contribution in [-0.2, 0) is 0 Å². The molecule has 1 aromatic rings. The van der Waals surface area contributed by atoms with Crippen LogP contribution in [0.4, 0.5) is 0 Å². The van der Waals surface area contributed by atoms with E-state index >= 15 is 0 Å².